The van der Waals surface area contributed by atoms with Crippen LogP contribution in [0.2, 0.25) is 0 Å². The standard InChI is InChI=1S/C14H27N3O2/c1-10(2)16-14(3,13(15)18)6-7-17-8-11-4-5-12(9-17)19-11/h10-12,16H,4-9H2,1-3H3,(H2,15,18). The second-order valence-corrected chi connectivity index (χ2v) is 6.46. The SMILES string of the molecule is CC(C)NC(C)(CCN1CC2CCC(C1)O2)C(N)=O. The van der Waals surface area contributed by atoms with Gasteiger partial charge in [-0.3, -0.25) is 9.69 Å². The Hall–Kier alpha value is -0.650. The molecule has 0 aliphatic carbocycles. The predicted octanol–water partition coefficient (Wildman–Crippen LogP) is 0.482. The topological polar surface area (TPSA) is 67.6 Å². The van der Waals surface area contributed by atoms with Gasteiger partial charge in [-0.15, -0.1) is 0 Å². The molecule has 5 heteroatoms. The lowest BCUT2D eigenvalue weighted by Crippen LogP contribution is -2.57. The Morgan fingerprint density at radius 1 is 1.42 bits per heavy atom. The number of primary amides is 1. The van der Waals surface area contributed by atoms with Crippen LogP contribution in [-0.4, -0.2) is 54.2 Å². The van der Waals surface area contributed by atoms with Crippen LogP contribution >= 0.6 is 0 Å². The fraction of sp³-hybridized carbons (Fsp3) is 0.929. The zero-order valence-corrected chi connectivity index (χ0v) is 12.3. The maximum absolute atomic E-state index is 11.7. The van der Waals surface area contributed by atoms with Crippen LogP contribution in [0.1, 0.15) is 40.0 Å². The van der Waals surface area contributed by atoms with E-state index in [9.17, 15) is 4.79 Å². The minimum absolute atomic E-state index is 0.248. The fourth-order valence-corrected chi connectivity index (χ4v) is 3.17. The van der Waals surface area contributed by atoms with E-state index in [0.717, 1.165) is 26.1 Å². The quantitative estimate of drug-likeness (QED) is 0.736. The number of likely N-dealkylation sites (tertiary alicyclic amines) is 1. The van der Waals surface area contributed by atoms with Gasteiger partial charge in [-0.05, 0) is 40.0 Å². The van der Waals surface area contributed by atoms with Crippen molar-refractivity contribution in [1.82, 2.24) is 10.2 Å². The number of ether oxygens (including phenoxy) is 1. The van der Waals surface area contributed by atoms with Gasteiger partial charge >= 0.3 is 0 Å². The molecule has 3 unspecified atom stereocenters. The second kappa shape index (κ2) is 5.77. The molecule has 2 aliphatic heterocycles. The van der Waals surface area contributed by atoms with Crippen LogP contribution in [0.25, 0.3) is 0 Å². The first-order valence-electron chi connectivity index (χ1n) is 7.34. The Kier molecular flexibility index (Phi) is 4.48. The second-order valence-electron chi connectivity index (χ2n) is 6.46. The molecule has 3 N–H and O–H groups in total. The summed E-state index contributed by atoms with van der Waals surface area (Å²) in [5.74, 6) is -0.266. The van der Waals surface area contributed by atoms with E-state index < -0.39 is 5.54 Å². The number of carbonyl (C=O) groups is 1. The van der Waals surface area contributed by atoms with Gasteiger partial charge in [0.25, 0.3) is 0 Å². The summed E-state index contributed by atoms with van der Waals surface area (Å²) >= 11 is 0. The third-order valence-electron chi connectivity index (χ3n) is 4.20. The van der Waals surface area contributed by atoms with E-state index >= 15 is 0 Å². The van der Waals surface area contributed by atoms with Crippen molar-refractivity contribution < 1.29 is 9.53 Å². The number of nitrogens with two attached hydrogens (primary N) is 1. The van der Waals surface area contributed by atoms with E-state index in [2.05, 4.69) is 10.2 Å². The number of nitrogens with zero attached hydrogens (tertiary/aromatic N) is 1. The number of fused-ring (bicyclic) bond motifs is 2. The van der Waals surface area contributed by atoms with Gasteiger partial charge in [0.15, 0.2) is 0 Å². The molecule has 5 nitrogen and oxygen atoms in total. The summed E-state index contributed by atoms with van der Waals surface area (Å²) in [6, 6.07) is 0.248. The smallest absolute Gasteiger partial charge is 0.237 e. The van der Waals surface area contributed by atoms with Crippen LogP contribution in [0.15, 0.2) is 0 Å². The molecule has 2 saturated heterocycles. The van der Waals surface area contributed by atoms with Crippen LogP contribution < -0.4 is 11.1 Å². The molecular formula is C14H27N3O2. The van der Waals surface area contributed by atoms with E-state index in [1.54, 1.807) is 0 Å². The zero-order chi connectivity index (χ0) is 14.0. The molecule has 2 heterocycles. The largest absolute Gasteiger partial charge is 0.372 e. The zero-order valence-electron chi connectivity index (χ0n) is 12.3. The van der Waals surface area contributed by atoms with E-state index in [1.165, 1.54) is 12.8 Å². The molecule has 0 radical (unpaired) electrons. The third kappa shape index (κ3) is 3.68. The number of hydrogen-bond donors (Lipinski definition) is 2. The molecule has 1 amide bonds. The van der Waals surface area contributed by atoms with Gasteiger partial charge in [0.05, 0.1) is 17.7 Å². The van der Waals surface area contributed by atoms with Crippen LogP contribution in [0.5, 0.6) is 0 Å². The minimum Gasteiger partial charge on any atom is -0.372 e. The first kappa shape index (κ1) is 14.8. The van der Waals surface area contributed by atoms with Gasteiger partial charge in [-0.2, -0.15) is 0 Å². The van der Waals surface area contributed by atoms with Crippen LogP contribution in [-0.2, 0) is 9.53 Å². The summed E-state index contributed by atoms with van der Waals surface area (Å²) in [5, 5.41) is 3.30. The molecule has 2 fully saturated rings. The van der Waals surface area contributed by atoms with Crippen molar-refractivity contribution in [3.8, 4) is 0 Å². The maximum Gasteiger partial charge on any atom is 0.237 e. The molecule has 0 aromatic heterocycles. The van der Waals surface area contributed by atoms with Crippen molar-refractivity contribution in [2.75, 3.05) is 19.6 Å². The van der Waals surface area contributed by atoms with E-state index in [1.807, 2.05) is 20.8 Å². The van der Waals surface area contributed by atoms with Crippen LogP contribution in [0.3, 0.4) is 0 Å². The first-order valence-corrected chi connectivity index (χ1v) is 7.34. The first-order chi connectivity index (χ1) is 8.89. The van der Waals surface area contributed by atoms with Crippen molar-refractivity contribution in [2.45, 2.75) is 63.8 Å². The fourth-order valence-electron chi connectivity index (χ4n) is 3.17. The number of morpholine rings is 1. The molecule has 110 valence electrons. The molecule has 2 aliphatic rings. The van der Waals surface area contributed by atoms with Crippen molar-refractivity contribution >= 4 is 5.91 Å². The normalized spacial score (nSPS) is 30.5. The van der Waals surface area contributed by atoms with E-state index in [0.29, 0.717) is 12.2 Å². The number of rotatable bonds is 6. The molecule has 3 atom stereocenters. The summed E-state index contributed by atoms with van der Waals surface area (Å²) in [7, 11) is 0. The van der Waals surface area contributed by atoms with Crippen molar-refractivity contribution in [3.05, 3.63) is 0 Å². The molecule has 0 aromatic rings. The number of nitrogens with one attached hydrogen (secondary N) is 1. The Bertz CT molecular complexity index is 323. The maximum atomic E-state index is 11.7. The highest BCUT2D eigenvalue weighted by Crippen LogP contribution is 2.26. The Balaban J connectivity index is 1.86. The predicted molar refractivity (Wildman–Crippen MR) is 74.8 cm³/mol. The van der Waals surface area contributed by atoms with Gasteiger partial charge in [0, 0.05) is 25.7 Å². The highest BCUT2D eigenvalue weighted by Gasteiger charge is 2.36. The molecular weight excluding hydrogens is 242 g/mol. The lowest BCUT2D eigenvalue weighted by Gasteiger charge is -2.36. The number of amides is 1. The molecule has 0 spiro atoms. The lowest BCUT2D eigenvalue weighted by molar-refractivity contribution is -0.124. The van der Waals surface area contributed by atoms with Gasteiger partial charge in [-0.1, -0.05) is 0 Å². The average Bonchev–Trinajstić information content (AvgIpc) is 2.65. The van der Waals surface area contributed by atoms with Gasteiger partial charge in [-0.25, -0.2) is 0 Å². The van der Waals surface area contributed by atoms with E-state index in [-0.39, 0.29) is 11.9 Å². The average molecular weight is 269 g/mol. The Morgan fingerprint density at radius 3 is 2.47 bits per heavy atom. The molecule has 2 rings (SSSR count). The molecule has 2 bridgehead atoms. The minimum atomic E-state index is -0.620. The number of hydrogen-bond acceptors (Lipinski definition) is 4. The van der Waals surface area contributed by atoms with Gasteiger partial charge < -0.3 is 15.8 Å². The summed E-state index contributed by atoms with van der Waals surface area (Å²) in [5.41, 5.74) is 4.94. The van der Waals surface area contributed by atoms with Crippen molar-refractivity contribution in [1.29, 1.82) is 0 Å². The molecule has 0 saturated carbocycles. The number of carbonyl (C=O) groups excluding carboxylic acids is 1. The van der Waals surface area contributed by atoms with Gasteiger partial charge in [0.1, 0.15) is 0 Å². The summed E-state index contributed by atoms with van der Waals surface area (Å²) in [6.07, 6.45) is 3.91. The Morgan fingerprint density at radius 2 is 2.00 bits per heavy atom. The highest BCUT2D eigenvalue weighted by atomic mass is 16.5. The monoisotopic (exact) mass is 269 g/mol. The summed E-state index contributed by atoms with van der Waals surface area (Å²) < 4.78 is 5.82. The van der Waals surface area contributed by atoms with Crippen molar-refractivity contribution in [2.24, 2.45) is 5.73 Å². The van der Waals surface area contributed by atoms with Crippen LogP contribution in [0, 0.1) is 0 Å². The van der Waals surface area contributed by atoms with Gasteiger partial charge in [0.2, 0.25) is 5.91 Å². The summed E-state index contributed by atoms with van der Waals surface area (Å²) in [6.45, 7) is 8.87. The third-order valence-corrected chi connectivity index (χ3v) is 4.20. The van der Waals surface area contributed by atoms with Crippen LogP contribution in [0.4, 0.5) is 0 Å². The molecule has 19 heavy (non-hydrogen) atoms. The summed E-state index contributed by atoms with van der Waals surface area (Å²) in [4.78, 5) is 14.1. The molecule has 0 aromatic carbocycles. The Labute approximate surface area is 115 Å². The van der Waals surface area contributed by atoms with E-state index in [4.69, 9.17) is 10.5 Å². The highest BCUT2D eigenvalue weighted by molar-refractivity contribution is 5.84. The lowest BCUT2D eigenvalue weighted by atomic mass is 9.95. The van der Waals surface area contributed by atoms with Crippen molar-refractivity contribution in [3.63, 3.8) is 0 Å².